The highest BCUT2D eigenvalue weighted by atomic mass is 35.5. The molecule has 1 aromatic carbocycles. The Morgan fingerprint density at radius 2 is 1.89 bits per heavy atom. The summed E-state index contributed by atoms with van der Waals surface area (Å²) in [5.41, 5.74) is 1.08. The van der Waals surface area contributed by atoms with Crippen molar-refractivity contribution in [3.05, 3.63) is 40.8 Å². The lowest BCUT2D eigenvalue weighted by Crippen LogP contribution is -2.45. The Morgan fingerprint density at radius 3 is 2.67 bits per heavy atom. The molecule has 0 amide bonds. The van der Waals surface area contributed by atoms with Gasteiger partial charge in [-0.15, -0.1) is 12.4 Å². The molecule has 0 unspecified atom stereocenters. The second-order valence-corrected chi connectivity index (χ2v) is 4.19. The first-order valence-corrected chi connectivity index (χ1v) is 5.83. The first-order valence-electron chi connectivity index (χ1n) is 5.83. The number of halogens is 1. The van der Waals surface area contributed by atoms with E-state index in [-0.39, 0.29) is 18.0 Å². The van der Waals surface area contributed by atoms with Crippen molar-refractivity contribution < 1.29 is 4.42 Å². The number of para-hydroxylation sites is 1. The zero-order valence-corrected chi connectivity index (χ0v) is 10.7. The Hall–Kier alpha value is -1.52. The molecule has 1 fully saturated rings. The largest absolute Gasteiger partial charge is 0.421 e. The highest BCUT2D eigenvalue weighted by Gasteiger charge is 2.15. The number of rotatable bonds is 1. The highest BCUT2D eigenvalue weighted by molar-refractivity contribution is 5.85. The first kappa shape index (κ1) is 12.9. The summed E-state index contributed by atoms with van der Waals surface area (Å²) in [6.45, 7) is 3.52. The summed E-state index contributed by atoms with van der Waals surface area (Å²) in [5.74, 6) is 0. The molecule has 2 heterocycles. The molecule has 4 nitrogen and oxygen atoms in total. The molecule has 18 heavy (non-hydrogen) atoms. The minimum absolute atomic E-state index is 0. The molecule has 1 N–H and O–H groups in total. The minimum Gasteiger partial charge on any atom is -0.421 e. The topological polar surface area (TPSA) is 45.5 Å². The van der Waals surface area contributed by atoms with Crippen LogP contribution in [0.2, 0.25) is 0 Å². The highest BCUT2D eigenvalue weighted by Crippen LogP contribution is 2.18. The van der Waals surface area contributed by atoms with Gasteiger partial charge in [0.25, 0.3) is 0 Å². The predicted molar refractivity (Wildman–Crippen MR) is 74.8 cm³/mol. The predicted octanol–water partition coefficient (Wildman–Crippen LogP) is 1.62. The summed E-state index contributed by atoms with van der Waals surface area (Å²) >= 11 is 0. The van der Waals surface area contributed by atoms with Crippen LogP contribution in [0.15, 0.2) is 39.5 Å². The third-order valence-electron chi connectivity index (χ3n) is 3.08. The summed E-state index contributed by atoms with van der Waals surface area (Å²) in [6, 6.07) is 9.52. The fourth-order valence-electron chi connectivity index (χ4n) is 2.18. The van der Waals surface area contributed by atoms with E-state index in [0.717, 1.165) is 31.6 Å². The molecule has 2 aromatic rings. The zero-order valence-electron chi connectivity index (χ0n) is 9.89. The third-order valence-corrected chi connectivity index (χ3v) is 3.08. The Kier molecular flexibility index (Phi) is 3.89. The van der Waals surface area contributed by atoms with Gasteiger partial charge in [-0.1, -0.05) is 18.2 Å². The molecule has 1 aliphatic rings. The van der Waals surface area contributed by atoms with Crippen molar-refractivity contribution in [2.45, 2.75) is 0 Å². The maximum Gasteiger partial charge on any atom is 0.360 e. The van der Waals surface area contributed by atoms with E-state index in [2.05, 4.69) is 10.2 Å². The maximum atomic E-state index is 11.9. The molecule has 0 radical (unpaired) electrons. The van der Waals surface area contributed by atoms with E-state index in [1.165, 1.54) is 0 Å². The van der Waals surface area contributed by atoms with Crippen molar-refractivity contribution in [2.75, 3.05) is 31.1 Å². The van der Waals surface area contributed by atoms with Crippen LogP contribution in [-0.2, 0) is 0 Å². The standard InChI is InChI=1S/C13H14N2O2.ClH/c16-13-11(15-7-5-14-6-8-15)9-10-3-1-2-4-12(10)17-13;/h1-4,9,14H,5-8H2;1H. The van der Waals surface area contributed by atoms with Gasteiger partial charge >= 0.3 is 5.63 Å². The number of anilines is 1. The number of benzene rings is 1. The molecular formula is C13H15ClN2O2. The van der Waals surface area contributed by atoms with Crippen LogP contribution in [0, 0.1) is 0 Å². The van der Waals surface area contributed by atoms with Gasteiger partial charge in [-0.3, -0.25) is 0 Å². The third kappa shape index (κ3) is 2.35. The van der Waals surface area contributed by atoms with Gasteiger partial charge in [0.1, 0.15) is 11.3 Å². The smallest absolute Gasteiger partial charge is 0.360 e. The van der Waals surface area contributed by atoms with Gasteiger partial charge in [0.15, 0.2) is 0 Å². The van der Waals surface area contributed by atoms with Crippen molar-refractivity contribution in [3.63, 3.8) is 0 Å². The molecular weight excluding hydrogens is 252 g/mol. The lowest BCUT2D eigenvalue weighted by molar-refractivity contribution is 0.541. The molecule has 1 saturated heterocycles. The number of fused-ring (bicyclic) bond motifs is 1. The van der Waals surface area contributed by atoms with Crippen molar-refractivity contribution in [1.82, 2.24) is 5.32 Å². The van der Waals surface area contributed by atoms with Crippen LogP contribution in [0.25, 0.3) is 11.0 Å². The Balaban J connectivity index is 0.00000120. The van der Waals surface area contributed by atoms with Gasteiger partial charge in [0.05, 0.1) is 0 Å². The lowest BCUT2D eigenvalue weighted by atomic mass is 10.2. The van der Waals surface area contributed by atoms with E-state index in [1.807, 2.05) is 30.3 Å². The van der Waals surface area contributed by atoms with Crippen LogP contribution in [0.3, 0.4) is 0 Å². The summed E-state index contributed by atoms with van der Waals surface area (Å²) in [4.78, 5) is 14.0. The molecule has 0 spiro atoms. The van der Waals surface area contributed by atoms with Crippen molar-refractivity contribution in [1.29, 1.82) is 0 Å². The van der Waals surface area contributed by atoms with E-state index in [0.29, 0.717) is 11.3 Å². The van der Waals surface area contributed by atoms with Gasteiger partial charge in [0, 0.05) is 31.6 Å². The molecule has 0 saturated carbocycles. The monoisotopic (exact) mass is 266 g/mol. The van der Waals surface area contributed by atoms with Crippen molar-refractivity contribution in [3.8, 4) is 0 Å². The SMILES string of the molecule is Cl.O=c1oc2ccccc2cc1N1CCNCC1. The van der Waals surface area contributed by atoms with Crippen LogP contribution in [0.4, 0.5) is 5.69 Å². The Morgan fingerprint density at radius 1 is 1.17 bits per heavy atom. The van der Waals surface area contributed by atoms with Gasteiger partial charge in [-0.25, -0.2) is 4.79 Å². The van der Waals surface area contributed by atoms with Gasteiger partial charge in [-0.05, 0) is 12.1 Å². The fraction of sp³-hybridized carbons (Fsp3) is 0.308. The molecule has 96 valence electrons. The normalized spacial score (nSPS) is 15.4. The van der Waals surface area contributed by atoms with Crippen molar-refractivity contribution >= 4 is 29.1 Å². The lowest BCUT2D eigenvalue weighted by Gasteiger charge is -2.28. The first-order chi connectivity index (χ1) is 8.34. The zero-order chi connectivity index (χ0) is 11.7. The molecule has 5 heteroatoms. The minimum atomic E-state index is -0.245. The van der Waals surface area contributed by atoms with Crippen LogP contribution < -0.4 is 15.8 Å². The van der Waals surface area contributed by atoms with Crippen LogP contribution >= 0.6 is 12.4 Å². The molecule has 0 aliphatic carbocycles. The summed E-state index contributed by atoms with van der Waals surface area (Å²) in [5, 5.41) is 4.24. The number of nitrogens with one attached hydrogen (secondary N) is 1. The van der Waals surface area contributed by atoms with Crippen LogP contribution in [-0.4, -0.2) is 26.2 Å². The number of nitrogens with zero attached hydrogens (tertiary/aromatic N) is 1. The maximum absolute atomic E-state index is 11.9. The quantitative estimate of drug-likeness (QED) is 0.797. The van der Waals surface area contributed by atoms with Gasteiger partial charge in [0.2, 0.25) is 0 Å². The fourth-order valence-corrected chi connectivity index (χ4v) is 2.18. The molecule has 3 rings (SSSR count). The summed E-state index contributed by atoms with van der Waals surface area (Å²) in [6.07, 6.45) is 0. The van der Waals surface area contributed by atoms with E-state index >= 15 is 0 Å². The van der Waals surface area contributed by atoms with E-state index < -0.39 is 0 Å². The van der Waals surface area contributed by atoms with Gasteiger partial charge < -0.3 is 14.6 Å². The molecule has 0 bridgehead atoms. The van der Waals surface area contributed by atoms with E-state index in [9.17, 15) is 4.79 Å². The second-order valence-electron chi connectivity index (χ2n) is 4.19. The number of hydrogen-bond acceptors (Lipinski definition) is 4. The molecule has 1 aromatic heterocycles. The van der Waals surface area contributed by atoms with E-state index in [4.69, 9.17) is 4.42 Å². The Labute approximate surface area is 111 Å². The summed E-state index contributed by atoms with van der Waals surface area (Å²) < 4.78 is 5.33. The average molecular weight is 267 g/mol. The Bertz CT molecular complexity index is 591. The molecule has 1 aliphatic heterocycles. The van der Waals surface area contributed by atoms with Crippen molar-refractivity contribution in [2.24, 2.45) is 0 Å². The van der Waals surface area contributed by atoms with Gasteiger partial charge in [-0.2, -0.15) is 0 Å². The number of hydrogen-bond donors (Lipinski definition) is 1. The second kappa shape index (κ2) is 5.42. The van der Waals surface area contributed by atoms with Crippen LogP contribution in [0.5, 0.6) is 0 Å². The number of piperazine rings is 1. The molecule has 0 atom stereocenters. The average Bonchev–Trinajstić information content (AvgIpc) is 2.39. The summed E-state index contributed by atoms with van der Waals surface area (Å²) in [7, 11) is 0. The van der Waals surface area contributed by atoms with E-state index in [1.54, 1.807) is 0 Å². The van der Waals surface area contributed by atoms with Crippen LogP contribution in [0.1, 0.15) is 0 Å².